The molecule has 0 aliphatic rings. The molecule has 0 unspecified atom stereocenters. The maximum atomic E-state index is 2.43. The van der Waals surface area contributed by atoms with Gasteiger partial charge in [-0.05, 0) is 130 Å². The van der Waals surface area contributed by atoms with Crippen LogP contribution < -0.4 is 9.80 Å². The van der Waals surface area contributed by atoms with Crippen molar-refractivity contribution < 1.29 is 0 Å². The first-order valence-electron chi connectivity index (χ1n) is 22.5. The van der Waals surface area contributed by atoms with Crippen LogP contribution >= 0.6 is 11.3 Å². The summed E-state index contributed by atoms with van der Waals surface area (Å²) >= 11 is 1.87. The number of hydrogen-bond donors (Lipinski definition) is 0. The molecule has 0 radical (unpaired) electrons. The number of benzene rings is 11. The van der Waals surface area contributed by atoms with Gasteiger partial charge in [0.05, 0.1) is 16.7 Å². The number of fused-ring (bicyclic) bond motifs is 8. The molecule has 0 fully saturated rings. The summed E-state index contributed by atoms with van der Waals surface area (Å²) in [5.74, 6) is 0. The predicted octanol–water partition coefficient (Wildman–Crippen LogP) is 18.1. The Hall–Kier alpha value is -8.44. The van der Waals surface area contributed by atoms with E-state index in [-0.39, 0.29) is 0 Å². The van der Waals surface area contributed by atoms with Crippen LogP contribution in [0.2, 0.25) is 0 Å². The maximum absolute atomic E-state index is 2.43. The molecule has 0 saturated carbocycles. The molecule has 11 aromatic carbocycles. The van der Waals surface area contributed by atoms with Crippen molar-refractivity contribution in [1.29, 1.82) is 0 Å². The van der Waals surface area contributed by atoms with E-state index in [4.69, 9.17) is 0 Å². The first-order valence-corrected chi connectivity index (χ1v) is 23.3. The lowest BCUT2D eigenvalue weighted by atomic mass is 9.99. The summed E-state index contributed by atoms with van der Waals surface area (Å²) in [6.45, 7) is 0. The molecule has 0 amide bonds. The fraction of sp³-hybridized carbons (Fsp3) is 0. The van der Waals surface area contributed by atoms with Gasteiger partial charge in [0, 0.05) is 70.6 Å². The lowest BCUT2D eigenvalue weighted by molar-refractivity contribution is 1.18. The lowest BCUT2D eigenvalue weighted by Crippen LogP contribution is -2.12. The molecule has 0 aliphatic carbocycles. The highest BCUT2D eigenvalue weighted by molar-refractivity contribution is 7.25. The van der Waals surface area contributed by atoms with Crippen molar-refractivity contribution in [3.05, 3.63) is 249 Å². The second kappa shape index (κ2) is 15.7. The van der Waals surface area contributed by atoms with Gasteiger partial charge in [-0.3, -0.25) is 0 Å². The van der Waals surface area contributed by atoms with E-state index in [2.05, 4.69) is 263 Å². The van der Waals surface area contributed by atoms with Crippen LogP contribution in [-0.2, 0) is 0 Å². The highest BCUT2D eigenvalue weighted by Gasteiger charge is 2.22. The van der Waals surface area contributed by atoms with Crippen molar-refractivity contribution in [3.8, 4) is 16.8 Å². The van der Waals surface area contributed by atoms with Gasteiger partial charge in [-0.1, -0.05) is 146 Å². The summed E-state index contributed by atoms with van der Waals surface area (Å²) in [5.41, 5.74) is 12.4. The average molecular weight is 860 g/mol. The Morgan fingerprint density at radius 3 is 1.64 bits per heavy atom. The van der Waals surface area contributed by atoms with E-state index >= 15 is 0 Å². The molecule has 310 valence electrons. The third-order valence-corrected chi connectivity index (χ3v) is 14.2. The molecule has 0 atom stereocenters. The van der Waals surface area contributed by atoms with Gasteiger partial charge >= 0.3 is 0 Å². The van der Waals surface area contributed by atoms with Gasteiger partial charge in [0.1, 0.15) is 0 Å². The Kier molecular flexibility index (Phi) is 9.03. The first kappa shape index (κ1) is 38.1. The summed E-state index contributed by atoms with van der Waals surface area (Å²) in [6.07, 6.45) is 0. The zero-order chi connectivity index (χ0) is 43.6. The van der Waals surface area contributed by atoms with E-state index in [1.54, 1.807) is 0 Å². The number of thiophene rings is 1. The normalized spacial score (nSPS) is 11.6. The minimum absolute atomic E-state index is 1.08. The van der Waals surface area contributed by atoms with Crippen molar-refractivity contribution >= 4 is 109 Å². The van der Waals surface area contributed by atoms with E-state index in [9.17, 15) is 0 Å². The van der Waals surface area contributed by atoms with Gasteiger partial charge in [-0.25, -0.2) is 0 Å². The first-order chi connectivity index (χ1) is 32.7. The van der Waals surface area contributed by atoms with Crippen LogP contribution in [0.3, 0.4) is 0 Å². The zero-order valence-corrected chi connectivity index (χ0v) is 36.7. The smallest absolute Gasteiger partial charge is 0.0555 e. The van der Waals surface area contributed by atoms with Gasteiger partial charge in [-0.15, -0.1) is 11.3 Å². The van der Waals surface area contributed by atoms with Crippen LogP contribution in [0, 0.1) is 0 Å². The summed E-state index contributed by atoms with van der Waals surface area (Å²) in [6, 6.07) is 90.8. The fourth-order valence-corrected chi connectivity index (χ4v) is 11.1. The van der Waals surface area contributed by atoms with E-state index < -0.39 is 0 Å². The number of nitrogens with zero attached hydrogens (tertiary/aromatic N) is 3. The molecular formula is C62H41N3S. The van der Waals surface area contributed by atoms with E-state index in [1.165, 1.54) is 63.5 Å². The number of aromatic nitrogens is 1. The highest BCUT2D eigenvalue weighted by atomic mass is 32.1. The van der Waals surface area contributed by atoms with Gasteiger partial charge in [0.15, 0.2) is 0 Å². The van der Waals surface area contributed by atoms with Crippen LogP contribution in [0.5, 0.6) is 0 Å². The maximum Gasteiger partial charge on any atom is 0.0555 e. The monoisotopic (exact) mass is 859 g/mol. The minimum Gasteiger partial charge on any atom is -0.310 e. The third kappa shape index (κ3) is 6.42. The van der Waals surface area contributed by atoms with E-state index in [1.807, 2.05) is 11.3 Å². The molecule has 0 N–H and O–H groups in total. The van der Waals surface area contributed by atoms with Gasteiger partial charge < -0.3 is 14.4 Å². The molecule has 0 aliphatic heterocycles. The number of hydrogen-bond acceptors (Lipinski definition) is 3. The van der Waals surface area contributed by atoms with Gasteiger partial charge in [0.25, 0.3) is 0 Å². The Morgan fingerprint density at radius 1 is 0.303 bits per heavy atom. The molecule has 0 bridgehead atoms. The molecule has 66 heavy (non-hydrogen) atoms. The quantitative estimate of drug-likeness (QED) is 0.151. The molecule has 13 aromatic rings. The second-order valence-corrected chi connectivity index (χ2v) is 18.1. The molecule has 2 aromatic heterocycles. The van der Waals surface area contributed by atoms with Crippen molar-refractivity contribution in [2.24, 2.45) is 0 Å². The summed E-state index contributed by atoms with van der Waals surface area (Å²) < 4.78 is 5.04. The molecule has 2 heterocycles. The molecular weight excluding hydrogens is 819 g/mol. The molecule has 4 heteroatoms. The zero-order valence-electron chi connectivity index (χ0n) is 35.9. The summed E-state index contributed by atoms with van der Waals surface area (Å²) in [4.78, 5) is 4.82. The minimum atomic E-state index is 1.08. The van der Waals surface area contributed by atoms with E-state index in [0.717, 1.165) is 50.9 Å². The molecule has 0 saturated heterocycles. The van der Waals surface area contributed by atoms with Crippen molar-refractivity contribution in [1.82, 2.24) is 4.57 Å². The molecule has 0 spiro atoms. The highest BCUT2D eigenvalue weighted by Crippen LogP contribution is 2.46. The van der Waals surface area contributed by atoms with Crippen LogP contribution in [0.25, 0.3) is 80.3 Å². The lowest BCUT2D eigenvalue weighted by Gasteiger charge is -2.29. The third-order valence-electron chi connectivity index (χ3n) is 13.1. The average Bonchev–Trinajstić information content (AvgIpc) is 3.91. The van der Waals surface area contributed by atoms with Crippen molar-refractivity contribution in [3.63, 3.8) is 0 Å². The molecule has 13 rings (SSSR count). The number of para-hydroxylation sites is 3. The van der Waals surface area contributed by atoms with Crippen molar-refractivity contribution in [2.45, 2.75) is 0 Å². The Morgan fingerprint density at radius 2 is 0.879 bits per heavy atom. The Labute approximate surface area is 386 Å². The topological polar surface area (TPSA) is 11.4 Å². The summed E-state index contributed by atoms with van der Waals surface area (Å²) in [7, 11) is 0. The summed E-state index contributed by atoms with van der Waals surface area (Å²) in [5, 5.41) is 9.91. The van der Waals surface area contributed by atoms with Crippen molar-refractivity contribution in [2.75, 3.05) is 9.80 Å². The van der Waals surface area contributed by atoms with Crippen LogP contribution in [0.15, 0.2) is 249 Å². The second-order valence-electron chi connectivity index (χ2n) is 17.0. The van der Waals surface area contributed by atoms with E-state index in [0.29, 0.717) is 0 Å². The van der Waals surface area contributed by atoms with Crippen LogP contribution in [0.4, 0.5) is 34.1 Å². The Bertz CT molecular complexity index is 3880. The molecule has 3 nitrogen and oxygen atoms in total. The fourth-order valence-electron chi connectivity index (χ4n) is 10.0. The van der Waals surface area contributed by atoms with Gasteiger partial charge in [0.2, 0.25) is 0 Å². The number of rotatable bonds is 8. The van der Waals surface area contributed by atoms with Crippen LogP contribution in [0.1, 0.15) is 0 Å². The predicted molar refractivity (Wildman–Crippen MR) is 283 cm³/mol. The SMILES string of the molecule is c1ccc(N(c2cccc(-c3ccccc3N(c3ccc4ccccc4c3)c3ccc4ccccc4c3)c2)c2ccc3c(c2)c2cc4c(cc2n3-c2ccccc2)sc2ccccc24)cc1. The Balaban J connectivity index is 0.994. The number of anilines is 6. The van der Waals surface area contributed by atoms with Gasteiger partial charge in [-0.2, -0.15) is 0 Å². The standard InChI is InChI=1S/C62H41N3S/c1-3-21-47(22-4-1)63(52-34-35-59-55(39-52)56-40-57-54-27-12-14-29-61(54)66-62(57)41-60(56)65(59)48-23-5-2-6-24-48)49-25-15-20-46(38-49)53-26-11-13-28-58(53)64(50-32-30-42-16-7-9-18-44(42)36-50)51-33-31-43-17-8-10-19-45(43)37-51/h1-41H. The van der Waals surface area contributed by atoms with Crippen LogP contribution in [-0.4, -0.2) is 4.57 Å². The largest absolute Gasteiger partial charge is 0.310 e.